The fraction of sp³-hybridized carbons (Fsp3) is 0.409. The number of ether oxygens (including phenoxy) is 1. The Morgan fingerprint density at radius 3 is 2.26 bits per heavy atom. The van der Waals surface area contributed by atoms with E-state index in [1.54, 1.807) is 12.1 Å². The second-order valence-electron chi connectivity index (χ2n) is 7.11. The van der Waals surface area contributed by atoms with Gasteiger partial charge in [0, 0.05) is 30.3 Å². The number of carbonyl (C=O) groups excluding carboxylic acids is 1. The maximum atomic E-state index is 12.8. The molecule has 0 aliphatic heterocycles. The van der Waals surface area contributed by atoms with Gasteiger partial charge < -0.3 is 15.0 Å². The predicted octanol–water partition coefficient (Wildman–Crippen LogP) is 3.67. The van der Waals surface area contributed by atoms with Crippen molar-refractivity contribution in [1.82, 2.24) is 5.32 Å². The van der Waals surface area contributed by atoms with E-state index in [0.29, 0.717) is 10.8 Å². The minimum Gasteiger partial charge on any atom is -0.495 e. The van der Waals surface area contributed by atoms with Gasteiger partial charge in [0.2, 0.25) is 15.9 Å². The van der Waals surface area contributed by atoms with Crippen LogP contribution in [0.4, 0.5) is 11.4 Å². The maximum absolute atomic E-state index is 12.8. The molecule has 0 unspecified atom stereocenters. The molecule has 0 radical (unpaired) electrons. The monoisotopic (exact) mass is 467 g/mol. The van der Waals surface area contributed by atoms with Crippen molar-refractivity contribution in [2.45, 2.75) is 33.4 Å². The van der Waals surface area contributed by atoms with Gasteiger partial charge in [-0.1, -0.05) is 23.7 Å². The van der Waals surface area contributed by atoms with Crippen molar-refractivity contribution in [2.24, 2.45) is 0 Å². The summed E-state index contributed by atoms with van der Waals surface area (Å²) in [6.45, 7) is 7.84. The molecule has 1 atom stereocenters. The number of anilines is 2. The molecule has 0 fully saturated rings. The minimum absolute atomic E-state index is 0.212. The number of benzene rings is 2. The van der Waals surface area contributed by atoms with E-state index in [-0.39, 0.29) is 12.2 Å². The first-order chi connectivity index (χ1) is 14.6. The zero-order chi connectivity index (χ0) is 23.2. The molecule has 31 heavy (non-hydrogen) atoms. The quantitative estimate of drug-likeness (QED) is 0.576. The number of hydrogen-bond acceptors (Lipinski definition) is 5. The highest BCUT2D eigenvalue weighted by Crippen LogP contribution is 2.34. The van der Waals surface area contributed by atoms with Gasteiger partial charge in [0.25, 0.3) is 0 Å². The van der Waals surface area contributed by atoms with Crippen molar-refractivity contribution >= 4 is 38.9 Å². The van der Waals surface area contributed by atoms with Gasteiger partial charge in [-0.25, -0.2) is 8.42 Å². The highest BCUT2D eigenvalue weighted by Gasteiger charge is 2.31. The summed E-state index contributed by atoms with van der Waals surface area (Å²) in [6, 6.07) is 11.6. The molecule has 0 saturated heterocycles. The van der Waals surface area contributed by atoms with Crippen molar-refractivity contribution in [3.05, 3.63) is 53.1 Å². The lowest BCUT2D eigenvalue weighted by molar-refractivity contribution is -0.122. The number of sulfonamides is 1. The van der Waals surface area contributed by atoms with Crippen LogP contribution in [0.5, 0.6) is 5.75 Å². The fourth-order valence-corrected chi connectivity index (χ4v) is 4.70. The van der Waals surface area contributed by atoms with Crippen LogP contribution in [-0.4, -0.2) is 46.8 Å². The highest BCUT2D eigenvalue weighted by atomic mass is 35.5. The molecule has 2 aromatic rings. The summed E-state index contributed by atoms with van der Waals surface area (Å²) in [6.07, 6.45) is 1.04. The largest absolute Gasteiger partial charge is 0.495 e. The van der Waals surface area contributed by atoms with Gasteiger partial charge in [0.1, 0.15) is 11.8 Å². The number of amides is 1. The van der Waals surface area contributed by atoms with Crippen molar-refractivity contribution < 1.29 is 17.9 Å². The lowest BCUT2D eigenvalue weighted by atomic mass is 10.2. The molecule has 0 spiro atoms. The zero-order valence-corrected chi connectivity index (χ0v) is 20.1. The summed E-state index contributed by atoms with van der Waals surface area (Å²) in [4.78, 5) is 15.1. The average molecular weight is 468 g/mol. The Balaban J connectivity index is 2.19. The Labute approximate surface area is 190 Å². The van der Waals surface area contributed by atoms with Crippen molar-refractivity contribution in [3.8, 4) is 5.75 Å². The number of halogens is 1. The van der Waals surface area contributed by atoms with E-state index in [2.05, 4.69) is 24.1 Å². The average Bonchev–Trinajstić information content (AvgIpc) is 2.73. The van der Waals surface area contributed by atoms with Crippen molar-refractivity contribution in [1.29, 1.82) is 0 Å². The standard InChI is InChI=1S/C22H30ClN3O4S/c1-6-25(7-2)19-11-8-17(9-12-19)15-24-22(27)16(3)26(31(5,28)29)20-14-18(23)10-13-21(20)30-4/h8-14,16H,6-7,15H2,1-5H3,(H,24,27)/t16-/m1/s1. The second-order valence-corrected chi connectivity index (χ2v) is 9.40. The SMILES string of the molecule is CCN(CC)c1ccc(CNC(=O)[C@@H](C)N(c2cc(Cl)ccc2OC)S(C)(=O)=O)cc1. The lowest BCUT2D eigenvalue weighted by Gasteiger charge is -2.29. The van der Waals surface area contributed by atoms with Crippen LogP contribution in [-0.2, 0) is 21.4 Å². The summed E-state index contributed by atoms with van der Waals surface area (Å²) in [5, 5.41) is 3.16. The van der Waals surface area contributed by atoms with Gasteiger partial charge in [0.05, 0.1) is 19.1 Å². The zero-order valence-electron chi connectivity index (χ0n) is 18.6. The summed E-state index contributed by atoms with van der Waals surface area (Å²) >= 11 is 6.07. The molecular formula is C22H30ClN3O4S. The molecule has 2 aromatic carbocycles. The fourth-order valence-electron chi connectivity index (χ4n) is 3.37. The topological polar surface area (TPSA) is 79.0 Å². The van der Waals surface area contributed by atoms with Crippen LogP contribution < -0.4 is 19.3 Å². The van der Waals surface area contributed by atoms with Crippen LogP contribution in [0, 0.1) is 0 Å². The Kier molecular flexibility index (Phi) is 8.59. The van der Waals surface area contributed by atoms with Gasteiger partial charge in [-0.05, 0) is 56.7 Å². The smallest absolute Gasteiger partial charge is 0.243 e. The molecule has 2 rings (SSSR count). The second kappa shape index (κ2) is 10.7. The van der Waals surface area contributed by atoms with E-state index in [1.807, 2.05) is 24.3 Å². The predicted molar refractivity (Wildman–Crippen MR) is 127 cm³/mol. The van der Waals surface area contributed by atoms with Gasteiger partial charge in [-0.3, -0.25) is 9.10 Å². The summed E-state index contributed by atoms with van der Waals surface area (Å²) < 4.78 is 31.4. The minimum atomic E-state index is -3.79. The first kappa shape index (κ1) is 24.8. The third kappa shape index (κ3) is 6.27. The van der Waals surface area contributed by atoms with E-state index in [9.17, 15) is 13.2 Å². The van der Waals surface area contributed by atoms with E-state index in [1.165, 1.54) is 20.1 Å². The number of carbonyl (C=O) groups is 1. The Bertz CT molecular complexity index is 992. The Morgan fingerprint density at radius 1 is 1.13 bits per heavy atom. The molecular weight excluding hydrogens is 438 g/mol. The van der Waals surface area contributed by atoms with Gasteiger partial charge in [-0.15, -0.1) is 0 Å². The van der Waals surface area contributed by atoms with E-state index in [4.69, 9.17) is 16.3 Å². The molecule has 1 amide bonds. The molecule has 0 aliphatic carbocycles. The Morgan fingerprint density at radius 2 is 1.74 bits per heavy atom. The number of nitrogens with one attached hydrogen (secondary N) is 1. The molecule has 0 saturated carbocycles. The van der Waals surface area contributed by atoms with Crippen LogP contribution >= 0.6 is 11.6 Å². The van der Waals surface area contributed by atoms with Crippen molar-refractivity contribution in [2.75, 3.05) is 35.7 Å². The van der Waals surface area contributed by atoms with Crippen LogP contribution in [0.3, 0.4) is 0 Å². The summed E-state index contributed by atoms with van der Waals surface area (Å²) in [5.74, 6) is -0.123. The van der Waals surface area contributed by atoms with Gasteiger partial charge in [-0.2, -0.15) is 0 Å². The van der Waals surface area contributed by atoms with Crippen LogP contribution in [0.2, 0.25) is 5.02 Å². The number of nitrogens with zero attached hydrogens (tertiary/aromatic N) is 2. The lowest BCUT2D eigenvalue weighted by Crippen LogP contribution is -2.47. The number of hydrogen-bond donors (Lipinski definition) is 1. The molecule has 0 aromatic heterocycles. The molecule has 170 valence electrons. The first-order valence-corrected chi connectivity index (χ1v) is 12.3. The molecule has 1 N–H and O–H groups in total. The van der Waals surface area contributed by atoms with Crippen LogP contribution in [0.15, 0.2) is 42.5 Å². The first-order valence-electron chi connectivity index (χ1n) is 10.1. The highest BCUT2D eigenvalue weighted by molar-refractivity contribution is 7.92. The summed E-state index contributed by atoms with van der Waals surface area (Å²) in [5.41, 5.74) is 2.25. The van der Waals surface area contributed by atoms with Gasteiger partial charge in [0.15, 0.2) is 0 Å². The van der Waals surface area contributed by atoms with Crippen molar-refractivity contribution in [3.63, 3.8) is 0 Å². The third-order valence-electron chi connectivity index (χ3n) is 5.00. The number of methoxy groups -OCH3 is 1. The normalized spacial score (nSPS) is 12.2. The molecule has 0 aliphatic rings. The maximum Gasteiger partial charge on any atom is 0.243 e. The van der Waals surface area contributed by atoms with Gasteiger partial charge >= 0.3 is 0 Å². The molecule has 0 bridgehead atoms. The van der Waals surface area contributed by atoms with Crippen LogP contribution in [0.25, 0.3) is 0 Å². The van der Waals surface area contributed by atoms with E-state index < -0.39 is 22.0 Å². The van der Waals surface area contributed by atoms with E-state index in [0.717, 1.165) is 34.9 Å². The molecule has 7 nitrogen and oxygen atoms in total. The Hall–Kier alpha value is -2.45. The molecule has 9 heteroatoms. The summed E-state index contributed by atoms with van der Waals surface area (Å²) in [7, 11) is -2.36. The molecule has 0 heterocycles. The van der Waals surface area contributed by atoms with Crippen LogP contribution in [0.1, 0.15) is 26.3 Å². The van der Waals surface area contributed by atoms with E-state index >= 15 is 0 Å². The third-order valence-corrected chi connectivity index (χ3v) is 6.46. The number of rotatable bonds is 10.